The number of H-pyrrole nitrogens is 1. The summed E-state index contributed by atoms with van der Waals surface area (Å²) in [6.45, 7) is 0. The summed E-state index contributed by atoms with van der Waals surface area (Å²) < 4.78 is 0. The van der Waals surface area contributed by atoms with E-state index in [0.29, 0.717) is 23.9 Å². The number of rotatable bonds is 2. The number of aromatic amines is 1. The van der Waals surface area contributed by atoms with E-state index in [9.17, 15) is 0 Å². The topological polar surface area (TPSA) is 57.7 Å². The maximum Gasteiger partial charge on any atom is 0.179 e. The zero-order valence-electron chi connectivity index (χ0n) is 11.9. The van der Waals surface area contributed by atoms with Crippen molar-refractivity contribution in [2.45, 2.75) is 43.2 Å². The predicted octanol–water partition coefficient (Wildman–Crippen LogP) is 2.59. The van der Waals surface area contributed by atoms with Gasteiger partial charge < -0.3 is 0 Å². The van der Waals surface area contributed by atoms with Crippen molar-refractivity contribution in [2.75, 3.05) is 7.05 Å². The Kier molecular flexibility index (Phi) is 3.19. The van der Waals surface area contributed by atoms with E-state index in [4.69, 9.17) is 11.6 Å². The van der Waals surface area contributed by atoms with Gasteiger partial charge in [0.25, 0.3) is 0 Å². The second-order valence-corrected chi connectivity index (χ2v) is 6.59. The summed E-state index contributed by atoms with van der Waals surface area (Å²) in [6, 6.07) is 9.41. The Morgan fingerprint density at radius 2 is 2.05 bits per heavy atom. The fourth-order valence-electron chi connectivity index (χ4n) is 4.18. The molecule has 0 saturated carbocycles. The summed E-state index contributed by atoms with van der Waals surface area (Å²) in [7, 11) is 2.23. The van der Waals surface area contributed by atoms with Crippen LogP contribution < -0.4 is 0 Å². The second kappa shape index (κ2) is 5.07. The van der Waals surface area contributed by atoms with Gasteiger partial charge in [0.1, 0.15) is 0 Å². The molecule has 2 bridgehead atoms. The fourth-order valence-corrected chi connectivity index (χ4v) is 4.31. The van der Waals surface area contributed by atoms with Crippen LogP contribution in [-0.2, 0) is 0 Å². The monoisotopic (exact) mass is 303 g/mol. The number of piperidine rings is 1. The van der Waals surface area contributed by atoms with Crippen LogP contribution in [0.15, 0.2) is 24.3 Å². The first-order valence-corrected chi connectivity index (χ1v) is 7.82. The summed E-state index contributed by atoms with van der Waals surface area (Å²) >= 11 is 6.03. The first kappa shape index (κ1) is 13.2. The smallest absolute Gasteiger partial charge is 0.179 e. The van der Waals surface area contributed by atoms with Gasteiger partial charge in [-0.2, -0.15) is 5.21 Å². The van der Waals surface area contributed by atoms with E-state index in [-0.39, 0.29) is 0 Å². The molecule has 4 atom stereocenters. The molecule has 1 aromatic heterocycles. The van der Waals surface area contributed by atoms with Crippen LogP contribution in [0, 0.1) is 0 Å². The lowest BCUT2D eigenvalue weighted by Gasteiger charge is -2.41. The Morgan fingerprint density at radius 1 is 1.24 bits per heavy atom. The average molecular weight is 304 g/mol. The minimum atomic E-state index is 0.300. The van der Waals surface area contributed by atoms with Crippen molar-refractivity contribution in [3.8, 4) is 0 Å². The highest BCUT2D eigenvalue weighted by atomic mass is 35.5. The van der Waals surface area contributed by atoms with E-state index < -0.39 is 0 Å². The third-order valence-electron chi connectivity index (χ3n) is 5.23. The van der Waals surface area contributed by atoms with Gasteiger partial charge in [0.05, 0.1) is 0 Å². The van der Waals surface area contributed by atoms with Gasteiger partial charge in [-0.15, -0.1) is 10.2 Å². The second-order valence-electron chi connectivity index (χ2n) is 6.15. The van der Waals surface area contributed by atoms with Gasteiger partial charge >= 0.3 is 0 Å². The van der Waals surface area contributed by atoms with Gasteiger partial charge in [0.15, 0.2) is 5.82 Å². The summed E-state index contributed by atoms with van der Waals surface area (Å²) in [5.74, 6) is 1.58. The number of hydrogen-bond donors (Lipinski definition) is 1. The van der Waals surface area contributed by atoms with Crippen LogP contribution in [0.2, 0.25) is 5.02 Å². The number of fused-ring (bicyclic) bond motifs is 2. The van der Waals surface area contributed by atoms with Gasteiger partial charge in [-0.05, 0) is 49.9 Å². The Bertz CT molecular complexity index is 612. The highest BCUT2D eigenvalue weighted by molar-refractivity contribution is 6.30. The Labute approximate surface area is 128 Å². The third kappa shape index (κ3) is 2.15. The van der Waals surface area contributed by atoms with E-state index in [1.807, 2.05) is 12.1 Å². The molecule has 0 radical (unpaired) electrons. The highest BCUT2D eigenvalue weighted by Gasteiger charge is 2.48. The molecule has 6 heteroatoms. The Hall–Kier alpha value is -1.46. The summed E-state index contributed by atoms with van der Waals surface area (Å²) in [4.78, 5) is 2.51. The van der Waals surface area contributed by atoms with Crippen molar-refractivity contribution in [1.29, 1.82) is 0 Å². The molecule has 2 aliphatic rings. The molecule has 2 saturated heterocycles. The molecule has 3 heterocycles. The third-order valence-corrected chi connectivity index (χ3v) is 5.48. The Balaban J connectivity index is 1.75. The van der Waals surface area contributed by atoms with Crippen molar-refractivity contribution in [1.82, 2.24) is 25.5 Å². The van der Waals surface area contributed by atoms with Crippen molar-refractivity contribution < 1.29 is 0 Å². The lowest BCUT2D eigenvalue weighted by Crippen LogP contribution is -2.44. The normalized spacial score (nSPS) is 32.5. The number of halogens is 1. The largest absolute Gasteiger partial charge is 0.300 e. The van der Waals surface area contributed by atoms with Crippen molar-refractivity contribution >= 4 is 11.6 Å². The number of nitrogens with zero attached hydrogens (tertiary/aromatic N) is 4. The average Bonchev–Trinajstić information content (AvgIpc) is 3.08. The lowest BCUT2D eigenvalue weighted by atomic mass is 9.76. The fraction of sp³-hybridized carbons (Fsp3) is 0.533. The number of nitrogens with one attached hydrogen (secondary N) is 1. The van der Waals surface area contributed by atoms with Crippen molar-refractivity contribution in [3.63, 3.8) is 0 Å². The maximum absolute atomic E-state index is 6.03. The van der Waals surface area contributed by atoms with Crippen LogP contribution in [0.3, 0.4) is 0 Å². The molecule has 1 unspecified atom stereocenters. The Morgan fingerprint density at radius 3 is 2.76 bits per heavy atom. The molecule has 4 rings (SSSR count). The first-order valence-electron chi connectivity index (χ1n) is 7.45. The van der Waals surface area contributed by atoms with Gasteiger partial charge in [0, 0.05) is 23.0 Å². The van der Waals surface area contributed by atoms with E-state index in [1.54, 1.807) is 0 Å². The molecule has 0 spiro atoms. The maximum atomic E-state index is 6.03. The molecular weight excluding hydrogens is 286 g/mol. The van der Waals surface area contributed by atoms with Gasteiger partial charge in [-0.1, -0.05) is 28.9 Å². The minimum Gasteiger partial charge on any atom is -0.300 e. The molecule has 21 heavy (non-hydrogen) atoms. The lowest BCUT2D eigenvalue weighted by molar-refractivity contribution is 0.133. The highest BCUT2D eigenvalue weighted by Crippen LogP contribution is 2.49. The number of aromatic nitrogens is 4. The standard InChI is InChI=1S/C15H18ClN5/c1-21-11-6-7-13(21)14(15-17-19-20-18-15)12(8-11)9-2-4-10(16)5-3-9/h2-5,11-14H,6-8H2,1H3,(H,17,18,19,20)/t11-,12-,13?,14+/m1/s1. The van der Waals surface area contributed by atoms with Crippen LogP contribution in [0.5, 0.6) is 0 Å². The molecule has 5 nitrogen and oxygen atoms in total. The molecule has 1 aromatic carbocycles. The predicted molar refractivity (Wildman–Crippen MR) is 80.3 cm³/mol. The van der Waals surface area contributed by atoms with Gasteiger partial charge in [0.2, 0.25) is 0 Å². The van der Waals surface area contributed by atoms with E-state index >= 15 is 0 Å². The molecule has 110 valence electrons. The molecule has 0 aliphatic carbocycles. The quantitative estimate of drug-likeness (QED) is 0.926. The molecular formula is C15H18ClN5. The SMILES string of the molecule is CN1C2CC[C@@H]1C[C@H](c1ccc(Cl)cc1)[C@@H]2c1nn[nH]n1. The van der Waals surface area contributed by atoms with Crippen LogP contribution in [0.25, 0.3) is 0 Å². The van der Waals surface area contributed by atoms with E-state index in [0.717, 1.165) is 17.3 Å². The van der Waals surface area contributed by atoms with Crippen LogP contribution in [0.4, 0.5) is 0 Å². The first-order chi connectivity index (χ1) is 10.2. The minimum absolute atomic E-state index is 0.300. The summed E-state index contributed by atoms with van der Waals surface area (Å²) in [6.07, 6.45) is 3.62. The number of likely N-dealkylation sites (N-methyl/N-ethyl adjacent to an activating group) is 1. The number of tetrazole rings is 1. The van der Waals surface area contributed by atoms with Gasteiger partial charge in [-0.25, -0.2) is 0 Å². The van der Waals surface area contributed by atoms with Gasteiger partial charge in [-0.3, -0.25) is 4.90 Å². The van der Waals surface area contributed by atoms with Crippen LogP contribution >= 0.6 is 11.6 Å². The van der Waals surface area contributed by atoms with E-state index in [2.05, 4.69) is 44.7 Å². The molecule has 1 N–H and O–H groups in total. The van der Waals surface area contributed by atoms with Crippen LogP contribution in [0.1, 0.15) is 42.5 Å². The number of hydrogen-bond acceptors (Lipinski definition) is 4. The molecule has 2 aromatic rings. The summed E-state index contributed by atoms with van der Waals surface area (Å²) in [5, 5.41) is 15.7. The zero-order valence-corrected chi connectivity index (χ0v) is 12.7. The summed E-state index contributed by atoms with van der Waals surface area (Å²) in [5.41, 5.74) is 1.33. The van der Waals surface area contributed by atoms with Crippen molar-refractivity contribution in [3.05, 3.63) is 40.7 Å². The molecule has 2 fully saturated rings. The number of benzene rings is 1. The zero-order chi connectivity index (χ0) is 14.4. The molecule has 0 amide bonds. The van der Waals surface area contributed by atoms with E-state index in [1.165, 1.54) is 18.4 Å². The van der Waals surface area contributed by atoms with Crippen LogP contribution in [-0.4, -0.2) is 44.7 Å². The van der Waals surface area contributed by atoms with Crippen molar-refractivity contribution in [2.24, 2.45) is 0 Å². The molecule has 2 aliphatic heterocycles.